The number of hydrogen-bond donors (Lipinski definition) is 1. The molecule has 1 N–H and O–H groups in total. The van der Waals surface area contributed by atoms with Gasteiger partial charge in [-0.3, -0.25) is 9.69 Å². The third-order valence-electron chi connectivity index (χ3n) is 3.40. The summed E-state index contributed by atoms with van der Waals surface area (Å²) in [6.07, 6.45) is 5.89. The molecule has 2 rings (SSSR count). The molecule has 17 heavy (non-hydrogen) atoms. The zero-order chi connectivity index (χ0) is 12.4. The lowest BCUT2D eigenvalue weighted by molar-refractivity contribution is 0.257. The van der Waals surface area contributed by atoms with Gasteiger partial charge in [-0.25, -0.2) is 4.98 Å². The first-order chi connectivity index (χ1) is 8.09. The highest BCUT2D eigenvalue weighted by Gasteiger charge is 2.28. The first kappa shape index (κ1) is 12.1. The lowest BCUT2D eigenvalue weighted by atomic mass is 10.3. The highest BCUT2D eigenvalue weighted by molar-refractivity contribution is 5.30. The van der Waals surface area contributed by atoms with E-state index in [9.17, 15) is 4.79 Å². The third-order valence-corrected chi connectivity index (χ3v) is 3.40. The van der Waals surface area contributed by atoms with Gasteiger partial charge >= 0.3 is 0 Å². The van der Waals surface area contributed by atoms with E-state index < -0.39 is 0 Å². The normalized spacial score (nSPS) is 17.2. The molecule has 1 saturated carbocycles. The average Bonchev–Trinajstić information content (AvgIpc) is 3.13. The van der Waals surface area contributed by atoms with E-state index in [4.69, 9.17) is 0 Å². The smallest absolute Gasteiger partial charge is 0.293 e. The molecule has 0 aliphatic heterocycles. The summed E-state index contributed by atoms with van der Waals surface area (Å²) in [5.74, 6) is 0.436. The largest absolute Gasteiger partial charge is 0.364 e. The minimum atomic E-state index is -0.0752. The van der Waals surface area contributed by atoms with Crippen LogP contribution in [0, 0.1) is 0 Å². The lowest BCUT2D eigenvalue weighted by Gasteiger charge is -2.24. The number of likely N-dealkylation sites (N-methyl/N-ethyl adjacent to an activating group) is 1. The van der Waals surface area contributed by atoms with Crippen LogP contribution in [0.4, 0.5) is 5.82 Å². The van der Waals surface area contributed by atoms with E-state index in [1.165, 1.54) is 17.4 Å². The van der Waals surface area contributed by atoms with Gasteiger partial charge in [-0.05, 0) is 26.8 Å². The lowest BCUT2D eigenvalue weighted by Crippen LogP contribution is -2.37. The van der Waals surface area contributed by atoms with Crippen molar-refractivity contribution < 1.29 is 0 Å². The van der Waals surface area contributed by atoms with Gasteiger partial charge in [0.15, 0.2) is 5.82 Å². The molecule has 0 saturated heterocycles. The summed E-state index contributed by atoms with van der Waals surface area (Å²) >= 11 is 0. The van der Waals surface area contributed by atoms with Crippen molar-refractivity contribution in [2.75, 3.05) is 18.9 Å². The molecule has 1 aliphatic carbocycles. The van der Waals surface area contributed by atoms with Crippen LogP contribution in [-0.4, -0.2) is 40.1 Å². The van der Waals surface area contributed by atoms with E-state index in [1.54, 1.807) is 19.4 Å². The van der Waals surface area contributed by atoms with Gasteiger partial charge in [0.2, 0.25) is 0 Å². The first-order valence-electron chi connectivity index (χ1n) is 6.07. The molecule has 94 valence electrons. The fraction of sp³-hybridized carbons (Fsp3) is 0.667. The number of aryl methyl sites for hydroxylation is 1. The van der Waals surface area contributed by atoms with Gasteiger partial charge in [-0.2, -0.15) is 0 Å². The summed E-state index contributed by atoms with van der Waals surface area (Å²) in [5, 5.41) is 3.13. The van der Waals surface area contributed by atoms with Gasteiger partial charge in [0.1, 0.15) is 0 Å². The minimum absolute atomic E-state index is 0.0752. The number of aromatic nitrogens is 2. The Morgan fingerprint density at radius 3 is 3.00 bits per heavy atom. The number of nitrogens with zero attached hydrogens (tertiary/aromatic N) is 3. The van der Waals surface area contributed by atoms with Crippen LogP contribution in [0.15, 0.2) is 17.2 Å². The van der Waals surface area contributed by atoms with Gasteiger partial charge < -0.3 is 9.88 Å². The maximum atomic E-state index is 11.7. The van der Waals surface area contributed by atoms with Crippen LogP contribution >= 0.6 is 0 Å². The molecule has 1 fully saturated rings. The average molecular weight is 236 g/mol. The van der Waals surface area contributed by atoms with Crippen LogP contribution in [0.3, 0.4) is 0 Å². The van der Waals surface area contributed by atoms with Gasteiger partial charge in [0.25, 0.3) is 5.56 Å². The Morgan fingerprint density at radius 2 is 2.35 bits per heavy atom. The molecule has 1 aromatic rings. The molecule has 1 aliphatic rings. The van der Waals surface area contributed by atoms with Crippen molar-refractivity contribution in [3.63, 3.8) is 0 Å². The van der Waals surface area contributed by atoms with E-state index in [1.807, 2.05) is 0 Å². The molecule has 5 nitrogen and oxygen atoms in total. The second-order valence-electron chi connectivity index (χ2n) is 4.82. The summed E-state index contributed by atoms with van der Waals surface area (Å²) in [6, 6.07) is 1.15. The molecule has 1 atom stereocenters. The molecular weight excluding hydrogens is 216 g/mol. The summed E-state index contributed by atoms with van der Waals surface area (Å²) in [7, 11) is 3.87. The predicted octanol–water partition coefficient (Wildman–Crippen LogP) is 0.675. The number of rotatable bonds is 5. The molecule has 5 heteroatoms. The molecule has 0 amide bonds. The summed E-state index contributed by atoms with van der Waals surface area (Å²) in [5.41, 5.74) is -0.0752. The predicted molar refractivity (Wildman–Crippen MR) is 68.2 cm³/mol. The van der Waals surface area contributed by atoms with E-state index in [0.29, 0.717) is 11.9 Å². The Labute approximate surface area is 101 Å². The summed E-state index contributed by atoms with van der Waals surface area (Å²) in [4.78, 5) is 18.2. The minimum Gasteiger partial charge on any atom is -0.364 e. The Hall–Kier alpha value is -1.36. The summed E-state index contributed by atoms with van der Waals surface area (Å²) < 4.78 is 1.53. The first-order valence-corrected chi connectivity index (χ1v) is 6.07. The Kier molecular flexibility index (Phi) is 3.47. The number of hydrogen-bond acceptors (Lipinski definition) is 4. The fourth-order valence-electron chi connectivity index (χ4n) is 1.85. The van der Waals surface area contributed by atoms with Crippen molar-refractivity contribution in [2.24, 2.45) is 7.05 Å². The second kappa shape index (κ2) is 4.87. The van der Waals surface area contributed by atoms with Crippen LogP contribution in [-0.2, 0) is 7.05 Å². The van der Waals surface area contributed by atoms with Crippen LogP contribution in [0.2, 0.25) is 0 Å². The quantitative estimate of drug-likeness (QED) is 0.816. The van der Waals surface area contributed by atoms with Crippen LogP contribution in [0.1, 0.15) is 19.8 Å². The van der Waals surface area contributed by atoms with Gasteiger partial charge in [0, 0.05) is 38.1 Å². The van der Waals surface area contributed by atoms with Crippen LogP contribution < -0.4 is 10.9 Å². The van der Waals surface area contributed by atoms with Crippen LogP contribution in [0.25, 0.3) is 0 Å². The van der Waals surface area contributed by atoms with Crippen molar-refractivity contribution in [2.45, 2.75) is 31.8 Å². The van der Waals surface area contributed by atoms with E-state index in [0.717, 1.165) is 12.6 Å². The molecule has 1 heterocycles. The van der Waals surface area contributed by atoms with Gasteiger partial charge in [-0.1, -0.05) is 0 Å². The standard InChI is InChI=1S/C12H20N4O/c1-9(16(3)10-4-5-10)8-14-11-12(17)15(2)7-6-13-11/h6-7,9-10H,4-5,8H2,1-3H3,(H,13,14). The fourth-order valence-corrected chi connectivity index (χ4v) is 1.85. The Morgan fingerprint density at radius 1 is 1.65 bits per heavy atom. The monoisotopic (exact) mass is 236 g/mol. The summed E-state index contributed by atoms with van der Waals surface area (Å²) in [6.45, 7) is 2.91. The number of nitrogens with one attached hydrogen (secondary N) is 1. The number of anilines is 1. The molecule has 1 unspecified atom stereocenters. The highest BCUT2D eigenvalue weighted by Crippen LogP contribution is 2.26. The Balaban J connectivity index is 1.93. The van der Waals surface area contributed by atoms with E-state index in [-0.39, 0.29) is 5.56 Å². The van der Waals surface area contributed by atoms with Crippen molar-refractivity contribution >= 4 is 5.82 Å². The van der Waals surface area contributed by atoms with Crippen LogP contribution in [0.5, 0.6) is 0 Å². The van der Waals surface area contributed by atoms with Crippen molar-refractivity contribution in [3.8, 4) is 0 Å². The molecule has 1 aromatic heterocycles. The molecule has 0 radical (unpaired) electrons. The van der Waals surface area contributed by atoms with E-state index >= 15 is 0 Å². The topological polar surface area (TPSA) is 50.2 Å². The van der Waals surface area contributed by atoms with Crippen molar-refractivity contribution in [3.05, 3.63) is 22.7 Å². The maximum Gasteiger partial charge on any atom is 0.293 e. The molecule has 0 bridgehead atoms. The zero-order valence-electron chi connectivity index (χ0n) is 10.7. The SMILES string of the molecule is CC(CNc1nccn(C)c1=O)N(C)C1CC1. The van der Waals surface area contributed by atoms with E-state index in [2.05, 4.69) is 29.2 Å². The Bertz CT molecular complexity index is 438. The van der Waals surface area contributed by atoms with Crippen molar-refractivity contribution in [1.82, 2.24) is 14.5 Å². The maximum absolute atomic E-state index is 11.7. The zero-order valence-corrected chi connectivity index (χ0v) is 10.7. The molecular formula is C12H20N4O. The van der Waals surface area contributed by atoms with Gasteiger partial charge in [0.05, 0.1) is 0 Å². The highest BCUT2D eigenvalue weighted by atomic mass is 16.1. The third kappa shape index (κ3) is 2.85. The van der Waals surface area contributed by atoms with Crippen molar-refractivity contribution in [1.29, 1.82) is 0 Å². The second-order valence-corrected chi connectivity index (χ2v) is 4.82. The molecule has 0 spiro atoms. The molecule has 0 aromatic carbocycles. The van der Waals surface area contributed by atoms with Gasteiger partial charge in [-0.15, -0.1) is 0 Å².